The number of amides is 3. The van der Waals surface area contributed by atoms with Crippen LogP contribution in [0.3, 0.4) is 0 Å². The van der Waals surface area contributed by atoms with Crippen molar-refractivity contribution in [2.24, 2.45) is 0 Å². The maximum atomic E-state index is 13.1. The average Bonchev–Trinajstić information content (AvgIpc) is 3.19. The number of fused-ring (bicyclic) bond motifs is 3. The number of rotatable bonds is 7. The zero-order valence-corrected chi connectivity index (χ0v) is 19.1. The largest absolute Gasteiger partial charge is 0.496 e. The number of carbonyl (C=O) groups excluding carboxylic acids is 3. The molecule has 172 valence electrons. The molecule has 33 heavy (non-hydrogen) atoms. The third-order valence-electron chi connectivity index (χ3n) is 6.35. The summed E-state index contributed by atoms with van der Waals surface area (Å²) in [5.41, 5.74) is 1.33. The first-order valence-corrected chi connectivity index (χ1v) is 10.9. The van der Waals surface area contributed by atoms with Crippen molar-refractivity contribution in [2.75, 3.05) is 27.2 Å². The summed E-state index contributed by atoms with van der Waals surface area (Å²) in [6.45, 7) is 2.28. The Hall–Kier alpha value is -3.81. The second-order valence-electron chi connectivity index (χ2n) is 8.41. The van der Waals surface area contributed by atoms with Crippen molar-refractivity contribution in [2.45, 2.75) is 25.4 Å². The molecular weight excluding hydrogens is 420 g/mol. The molecule has 0 spiro atoms. The number of methoxy groups -OCH3 is 1. The van der Waals surface area contributed by atoms with E-state index in [-0.39, 0.29) is 24.3 Å². The van der Waals surface area contributed by atoms with Gasteiger partial charge in [-0.05, 0) is 37.1 Å². The molecule has 3 amide bonds. The molecule has 0 unspecified atom stereocenters. The van der Waals surface area contributed by atoms with Gasteiger partial charge in [0.15, 0.2) is 0 Å². The van der Waals surface area contributed by atoms with Gasteiger partial charge in [0.1, 0.15) is 17.0 Å². The Morgan fingerprint density at radius 1 is 1.09 bits per heavy atom. The Kier molecular flexibility index (Phi) is 6.09. The van der Waals surface area contributed by atoms with E-state index in [1.54, 1.807) is 21.1 Å². The highest BCUT2D eigenvalue weighted by molar-refractivity contribution is 6.03. The number of nitrogens with one attached hydrogen (secondary N) is 2. The van der Waals surface area contributed by atoms with Gasteiger partial charge in [-0.1, -0.05) is 36.4 Å². The lowest BCUT2D eigenvalue weighted by atomic mass is 9.95. The molecule has 1 atom stereocenters. The molecule has 1 aliphatic heterocycles. The van der Waals surface area contributed by atoms with Crippen LogP contribution in [0.2, 0.25) is 0 Å². The summed E-state index contributed by atoms with van der Waals surface area (Å²) in [6.07, 6.45) is 0.613. The van der Waals surface area contributed by atoms with Crippen LogP contribution in [0.1, 0.15) is 23.0 Å². The van der Waals surface area contributed by atoms with Crippen LogP contribution in [0.5, 0.6) is 5.75 Å². The normalized spacial score (nSPS) is 17.5. The highest BCUT2D eigenvalue weighted by Crippen LogP contribution is 2.31. The van der Waals surface area contributed by atoms with E-state index < -0.39 is 5.54 Å². The van der Waals surface area contributed by atoms with E-state index in [2.05, 4.69) is 10.6 Å². The van der Waals surface area contributed by atoms with E-state index >= 15 is 0 Å². The SMILES string of the molecule is COc1ccccc1CCNC(=O)CNC(=O)[C@@]1(C)Cn2c(cc3ccccc32)C(=O)N1C. The molecule has 8 heteroatoms. The van der Waals surface area contributed by atoms with Crippen LogP contribution in [-0.2, 0) is 22.6 Å². The standard InChI is InChI=1S/C25H28N4O4/c1-25(16-29-19-10-6-4-9-18(19)14-20(29)23(31)28(25)2)24(32)27-15-22(30)26-13-12-17-8-5-7-11-21(17)33-3/h4-11,14H,12-13,15-16H2,1-3H3,(H,26,30)(H,27,32)/t25-/m1/s1. The summed E-state index contributed by atoms with van der Waals surface area (Å²) < 4.78 is 7.20. The lowest BCUT2D eigenvalue weighted by Gasteiger charge is -2.41. The van der Waals surface area contributed by atoms with Crippen LogP contribution < -0.4 is 15.4 Å². The van der Waals surface area contributed by atoms with E-state index in [4.69, 9.17) is 4.74 Å². The molecule has 0 bridgehead atoms. The van der Waals surface area contributed by atoms with E-state index in [1.807, 2.05) is 59.2 Å². The third kappa shape index (κ3) is 4.16. The van der Waals surface area contributed by atoms with Gasteiger partial charge in [0.2, 0.25) is 11.8 Å². The smallest absolute Gasteiger partial charge is 0.271 e. The van der Waals surface area contributed by atoms with Crippen LogP contribution in [0.25, 0.3) is 10.9 Å². The summed E-state index contributed by atoms with van der Waals surface area (Å²) >= 11 is 0. The van der Waals surface area contributed by atoms with Gasteiger partial charge in [-0.25, -0.2) is 0 Å². The van der Waals surface area contributed by atoms with Crippen LogP contribution in [0.15, 0.2) is 54.6 Å². The predicted molar refractivity (Wildman–Crippen MR) is 125 cm³/mol. The fourth-order valence-electron chi connectivity index (χ4n) is 4.25. The fourth-order valence-corrected chi connectivity index (χ4v) is 4.25. The van der Waals surface area contributed by atoms with Gasteiger partial charge < -0.3 is 24.8 Å². The molecule has 1 aromatic heterocycles. The summed E-state index contributed by atoms with van der Waals surface area (Å²) in [5, 5.41) is 6.47. The second kappa shape index (κ2) is 8.97. The molecule has 3 aromatic rings. The van der Waals surface area contributed by atoms with Crippen LogP contribution in [-0.4, -0.2) is 60.0 Å². The molecule has 0 saturated carbocycles. The van der Waals surface area contributed by atoms with Gasteiger partial charge in [-0.3, -0.25) is 14.4 Å². The van der Waals surface area contributed by atoms with Gasteiger partial charge in [-0.2, -0.15) is 0 Å². The predicted octanol–water partition coefficient (Wildman–Crippen LogP) is 1.97. The van der Waals surface area contributed by atoms with Gasteiger partial charge in [0.05, 0.1) is 20.2 Å². The number of carbonyl (C=O) groups is 3. The van der Waals surface area contributed by atoms with E-state index in [0.29, 0.717) is 25.2 Å². The Bertz CT molecular complexity index is 1220. The Balaban J connectivity index is 1.37. The molecule has 0 aliphatic carbocycles. The minimum Gasteiger partial charge on any atom is -0.496 e. The number of nitrogens with zero attached hydrogens (tertiary/aromatic N) is 2. The first-order valence-electron chi connectivity index (χ1n) is 10.9. The lowest BCUT2D eigenvalue weighted by Crippen LogP contribution is -2.63. The monoisotopic (exact) mass is 448 g/mol. The Labute approximate surface area is 192 Å². The number of hydrogen-bond donors (Lipinski definition) is 2. The van der Waals surface area contributed by atoms with Gasteiger partial charge >= 0.3 is 0 Å². The fraction of sp³-hybridized carbons (Fsp3) is 0.320. The number of benzene rings is 2. The topological polar surface area (TPSA) is 92.7 Å². The van der Waals surface area contributed by atoms with Crippen LogP contribution >= 0.6 is 0 Å². The molecule has 2 N–H and O–H groups in total. The molecule has 2 aromatic carbocycles. The van der Waals surface area contributed by atoms with Crippen molar-refractivity contribution in [3.8, 4) is 5.75 Å². The molecule has 2 heterocycles. The number of likely N-dealkylation sites (N-methyl/N-ethyl adjacent to an activating group) is 1. The molecule has 1 aliphatic rings. The lowest BCUT2D eigenvalue weighted by molar-refractivity contribution is -0.134. The van der Waals surface area contributed by atoms with Crippen molar-refractivity contribution < 1.29 is 19.1 Å². The second-order valence-corrected chi connectivity index (χ2v) is 8.41. The minimum atomic E-state index is -1.12. The summed E-state index contributed by atoms with van der Waals surface area (Å²) in [6, 6.07) is 17.2. The zero-order valence-electron chi connectivity index (χ0n) is 19.1. The molecule has 0 fully saturated rings. The molecular formula is C25H28N4O4. The van der Waals surface area contributed by atoms with Gasteiger partial charge in [0.25, 0.3) is 5.91 Å². The van der Waals surface area contributed by atoms with Crippen molar-refractivity contribution in [1.29, 1.82) is 0 Å². The Morgan fingerprint density at radius 3 is 2.61 bits per heavy atom. The third-order valence-corrected chi connectivity index (χ3v) is 6.35. The van der Waals surface area contributed by atoms with Crippen LogP contribution in [0, 0.1) is 0 Å². The first kappa shape index (κ1) is 22.4. The van der Waals surface area contributed by atoms with Crippen molar-refractivity contribution in [3.05, 3.63) is 65.9 Å². The number of ether oxygens (including phenoxy) is 1. The van der Waals surface area contributed by atoms with E-state index in [9.17, 15) is 14.4 Å². The van der Waals surface area contributed by atoms with Gasteiger partial charge in [-0.15, -0.1) is 0 Å². The first-order chi connectivity index (χ1) is 15.8. The van der Waals surface area contributed by atoms with E-state index in [1.165, 1.54) is 4.90 Å². The highest BCUT2D eigenvalue weighted by Gasteiger charge is 2.45. The molecule has 8 nitrogen and oxygen atoms in total. The molecule has 4 rings (SSSR count). The zero-order chi connectivity index (χ0) is 23.6. The summed E-state index contributed by atoms with van der Waals surface area (Å²) in [4.78, 5) is 39.9. The summed E-state index contributed by atoms with van der Waals surface area (Å²) in [5.74, 6) is -0.119. The highest BCUT2D eigenvalue weighted by atomic mass is 16.5. The number of para-hydroxylation sites is 2. The van der Waals surface area contributed by atoms with Crippen molar-refractivity contribution >= 4 is 28.6 Å². The maximum Gasteiger partial charge on any atom is 0.271 e. The van der Waals surface area contributed by atoms with Crippen molar-refractivity contribution in [3.63, 3.8) is 0 Å². The number of aromatic nitrogens is 1. The van der Waals surface area contributed by atoms with Crippen LogP contribution in [0.4, 0.5) is 0 Å². The van der Waals surface area contributed by atoms with Crippen molar-refractivity contribution in [1.82, 2.24) is 20.1 Å². The molecule has 0 radical (unpaired) electrons. The quantitative estimate of drug-likeness (QED) is 0.578. The van der Waals surface area contributed by atoms with E-state index in [0.717, 1.165) is 22.2 Å². The summed E-state index contributed by atoms with van der Waals surface area (Å²) in [7, 11) is 3.23. The average molecular weight is 449 g/mol. The van der Waals surface area contributed by atoms with Gasteiger partial charge in [0, 0.05) is 24.5 Å². The minimum absolute atomic E-state index is 0.165. The Morgan fingerprint density at radius 2 is 1.82 bits per heavy atom. The molecule has 0 saturated heterocycles. The maximum absolute atomic E-state index is 13.1. The number of hydrogen-bond acceptors (Lipinski definition) is 4.